The maximum Gasteiger partial charge on any atom is 0.324 e. The largest absolute Gasteiger partial charge is 0.511 e. The third kappa shape index (κ3) is 24.6. The molecule has 0 radical (unpaired) electrons. The van der Waals surface area contributed by atoms with Crippen molar-refractivity contribution in [1.29, 1.82) is 0 Å². The zero-order valence-corrected chi connectivity index (χ0v) is 27.9. The van der Waals surface area contributed by atoms with Gasteiger partial charge in [-0.3, -0.25) is 24.0 Å². The first-order valence-corrected chi connectivity index (χ1v) is 16.3. The van der Waals surface area contributed by atoms with E-state index in [0.717, 1.165) is 36.8 Å². The molecule has 48 heavy (non-hydrogen) atoms. The molecule has 0 saturated heterocycles. The Labute approximate surface area is 285 Å². The highest BCUT2D eigenvalue weighted by atomic mass is 32.2. The van der Waals surface area contributed by atoms with E-state index < -0.39 is 42.4 Å². The van der Waals surface area contributed by atoms with Crippen LogP contribution in [-0.4, -0.2) is 87.6 Å². The molecule has 0 bridgehead atoms. The van der Waals surface area contributed by atoms with Gasteiger partial charge in [0.2, 0.25) is 17.7 Å². The molecule has 13 nitrogen and oxygen atoms in total. The van der Waals surface area contributed by atoms with Crippen LogP contribution in [0, 0.1) is 0 Å². The Morgan fingerprint density at radius 2 is 1.52 bits per heavy atom. The topological polar surface area (TPSA) is 228 Å². The predicted molar refractivity (Wildman–Crippen MR) is 188 cm³/mol. The first kappa shape index (κ1) is 43.3. The molecule has 0 aromatic carbocycles. The first-order valence-electron chi connectivity index (χ1n) is 15.4. The minimum atomic E-state index is -1.43. The van der Waals surface area contributed by atoms with Gasteiger partial charge in [0, 0.05) is 36.1 Å². The number of nitrogens with two attached hydrogens (primary N) is 1. The van der Waals surface area contributed by atoms with Crippen LogP contribution in [0.5, 0.6) is 0 Å². The van der Waals surface area contributed by atoms with Gasteiger partial charge in [0.1, 0.15) is 24.4 Å². The van der Waals surface area contributed by atoms with Crippen LogP contribution < -0.4 is 21.7 Å². The fourth-order valence-electron chi connectivity index (χ4n) is 3.32. The molecular weight excluding hydrogens is 640 g/mol. The molecule has 0 aromatic rings. The van der Waals surface area contributed by atoms with Crippen molar-refractivity contribution in [3.63, 3.8) is 0 Å². The molecule has 14 heteroatoms. The maximum absolute atomic E-state index is 12.7. The molecule has 2 atom stereocenters. The van der Waals surface area contributed by atoms with Crippen molar-refractivity contribution in [2.45, 2.75) is 57.5 Å². The smallest absolute Gasteiger partial charge is 0.324 e. The van der Waals surface area contributed by atoms with Crippen LogP contribution in [-0.2, 0) is 24.0 Å². The zero-order valence-electron chi connectivity index (χ0n) is 27.1. The number of carboxylic acids is 2. The third-order valence-electron chi connectivity index (χ3n) is 5.76. The van der Waals surface area contributed by atoms with Gasteiger partial charge in [-0.25, -0.2) is 0 Å². The van der Waals surface area contributed by atoms with Crippen molar-refractivity contribution >= 4 is 41.4 Å². The van der Waals surface area contributed by atoms with Gasteiger partial charge in [-0.2, -0.15) is 0 Å². The van der Waals surface area contributed by atoms with Crippen LogP contribution in [0.2, 0.25) is 0 Å². The monoisotopic (exact) mass is 688 g/mol. The normalized spacial score (nSPS) is 14.1. The minimum absolute atomic E-state index is 0.0254. The average molecular weight is 689 g/mol. The summed E-state index contributed by atoms with van der Waals surface area (Å²) in [7, 11) is 0. The van der Waals surface area contributed by atoms with Crippen molar-refractivity contribution in [1.82, 2.24) is 16.0 Å². The lowest BCUT2D eigenvalue weighted by atomic mass is 10.2. The number of carbonyl (C=O) groups is 5. The number of aliphatic carboxylic acids is 2. The molecule has 9 N–H and O–H groups in total. The average Bonchev–Trinajstić information content (AvgIpc) is 3.05. The van der Waals surface area contributed by atoms with Gasteiger partial charge >= 0.3 is 11.9 Å². The number of amides is 3. The number of hydrogen-bond acceptors (Lipinski definition) is 9. The first-order chi connectivity index (χ1) is 23.0. The molecule has 0 fully saturated rings. The molecular formula is C34H48N4O9S. The van der Waals surface area contributed by atoms with Gasteiger partial charge in [0.25, 0.3) is 0 Å². The quantitative estimate of drug-likeness (QED) is 0.0301. The number of allylic oxidation sites excluding steroid dienone is 12. The van der Waals surface area contributed by atoms with Gasteiger partial charge < -0.3 is 42.1 Å². The Morgan fingerprint density at radius 3 is 2.19 bits per heavy atom. The van der Waals surface area contributed by atoms with Gasteiger partial charge in [-0.1, -0.05) is 79.8 Å². The van der Waals surface area contributed by atoms with Crippen molar-refractivity contribution in [2.75, 3.05) is 25.4 Å². The lowest BCUT2D eigenvalue weighted by Crippen LogP contribution is -2.49. The van der Waals surface area contributed by atoms with Crippen molar-refractivity contribution in [3.8, 4) is 0 Å². The molecule has 3 amide bonds. The van der Waals surface area contributed by atoms with E-state index in [1.165, 1.54) is 0 Å². The molecule has 2 unspecified atom stereocenters. The second-order valence-electron chi connectivity index (χ2n) is 9.80. The number of aliphatic hydroxyl groups excluding tert-OH is 2. The van der Waals surface area contributed by atoms with E-state index in [-0.39, 0.29) is 37.0 Å². The molecule has 264 valence electrons. The Kier molecular flexibility index (Phi) is 25.8. The molecule has 0 spiro atoms. The highest BCUT2D eigenvalue weighted by Gasteiger charge is 2.22. The number of aliphatic hydroxyl groups is 2. The zero-order chi connectivity index (χ0) is 36.0. The number of thioether (sulfide) groups is 1. The van der Waals surface area contributed by atoms with E-state index >= 15 is 0 Å². The maximum atomic E-state index is 12.7. The fraction of sp³-hybridized carbons (Fsp3) is 0.382. The SMILES string of the molecule is CC/C=C\C\C(O)=C(/C=C/C=C/C=C\C/C=C\C/C=C\CCC(=O)NCCO)SCC(NC(=O)/C=C\C(N)C(=O)O)C(=O)NCC(=O)O. The molecule has 0 heterocycles. The number of nitrogens with one attached hydrogen (secondary N) is 3. The summed E-state index contributed by atoms with van der Waals surface area (Å²) >= 11 is 1.07. The summed E-state index contributed by atoms with van der Waals surface area (Å²) in [5, 5.41) is 44.4. The van der Waals surface area contributed by atoms with Crippen LogP contribution in [0.25, 0.3) is 0 Å². The number of rotatable bonds is 25. The second-order valence-corrected chi connectivity index (χ2v) is 10.9. The number of hydrogen-bond donors (Lipinski definition) is 8. The molecule has 0 rings (SSSR count). The number of carboxylic acid groups (broad SMARTS) is 2. The molecule has 0 saturated carbocycles. The second kappa shape index (κ2) is 28.6. The Bertz CT molecular complexity index is 1270. The van der Waals surface area contributed by atoms with Crippen LogP contribution in [0.3, 0.4) is 0 Å². The van der Waals surface area contributed by atoms with E-state index in [9.17, 15) is 29.1 Å². The highest BCUT2D eigenvalue weighted by Crippen LogP contribution is 2.23. The van der Waals surface area contributed by atoms with Gasteiger partial charge in [0.05, 0.1) is 6.61 Å². The summed E-state index contributed by atoms with van der Waals surface area (Å²) in [6, 6.07) is -2.65. The third-order valence-corrected chi connectivity index (χ3v) is 6.94. The Morgan fingerprint density at radius 1 is 0.833 bits per heavy atom. The van der Waals surface area contributed by atoms with Crippen LogP contribution in [0.1, 0.15) is 45.4 Å². The van der Waals surface area contributed by atoms with Gasteiger partial charge in [-0.15, -0.1) is 11.8 Å². The van der Waals surface area contributed by atoms with Crippen LogP contribution in [0.4, 0.5) is 0 Å². The molecule has 0 aromatic heterocycles. The fourth-order valence-corrected chi connectivity index (χ4v) is 4.32. The summed E-state index contributed by atoms with van der Waals surface area (Å²) in [4.78, 5) is 58.7. The van der Waals surface area contributed by atoms with Gasteiger partial charge in [0.15, 0.2) is 0 Å². The van der Waals surface area contributed by atoms with Crippen LogP contribution >= 0.6 is 11.8 Å². The summed E-state index contributed by atoms with van der Waals surface area (Å²) in [5.41, 5.74) is 5.37. The lowest BCUT2D eigenvalue weighted by Gasteiger charge is -2.17. The highest BCUT2D eigenvalue weighted by molar-refractivity contribution is 8.03. The minimum Gasteiger partial charge on any atom is -0.511 e. The van der Waals surface area contributed by atoms with Crippen LogP contribution in [0.15, 0.2) is 95.7 Å². The van der Waals surface area contributed by atoms with Crippen molar-refractivity contribution < 1.29 is 44.4 Å². The van der Waals surface area contributed by atoms with E-state index in [1.54, 1.807) is 30.4 Å². The lowest BCUT2D eigenvalue weighted by molar-refractivity contribution is -0.138. The Balaban J connectivity index is 5.29. The standard InChI is InChI=1S/C34H48N4O9S/c1-2-3-14-17-28(40)29(18-15-12-10-8-6-4-5-7-9-11-13-16-19-30(41)36-22-23-39)48-25-27(33(45)37-24-32(43)44)38-31(42)21-20-26(35)34(46)47/h3,5-8,10-15,18,20-21,26-27,39-40H,2,4,9,16-17,19,22-25,35H2,1H3,(H,36,41)(H,37,45)(H,38,42)(H,43,44)(H,46,47)/b7-5-,8-6-,12-10+,13-11-,14-3-,18-15+,21-20-,29-28-. The summed E-state index contributed by atoms with van der Waals surface area (Å²) in [6.45, 7) is 1.47. The van der Waals surface area contributed by atoms with E-state index in [1.807, 2.05) is 49.5 Å². The van der Waals surface area contributed by atoms with E-state index in [0.29, 0.717) is 24.2 Å². The van der Waals surface area contributed by atoms with E-state index in [4.69, 9.17) is 21.1 Å². The van der Waals surface area contributed by atoms with E-state index in [2.05, 4.69) is 16.0 Å². The van der Waals surface area contributed by atoms with Crippen molar-refractivity contribution in [2.24, 2.45) is 5.73 Å². The van der Waals surface area contributed by atoms with Crippen molar-refractivity contribution in [3.05, 3.63) is 95.7 Å². The molecule has 0 aliphatic rings. The Hall–Kier alpha value is -4.66. The summed E-state index contributed by atoms with van der Waals surface area (Å²) in [6.07, 6.45) is 27.6. The molecule has 0 aliphatic carbocycles. The predicted octanol–water partition coefficient (Wildman–Crippen LogP) is 2.95. The number of carbonyl (C=O) groups excluding carboxylic acids is 3. The van der Waals surface area contributed by atoms with Gasteiger partial charge in [-0.05, 0) is 31.8 Å². The molecule has 0 aliphatic heterocycles. The summed E-state index contributed by atoms with van der Waals surface area (Å²) < 4.78 is 0. The summed E-state index contributed by atoms with van der Waals surface area (Å²) in [5.74, 6) is -4.36.